The third kappa shape index (κ3) is 7.95. The molecule has 242 valence electrons. The first-order valence-electron chi connectivity index (χ1n) is 16.0. The van der Waals surface area contributed by atoms with Crippen LogP contribution in [-0.4, -0.2) is 11.6 Å². The van der Waals surface area contributed by atoms with Crippen LogP contribution in [0.15, 0.2) is 182 Å². The zero-order chi connectivity index (χ0) is 34.1. The lowest BCUT2D eigenvalue weighted by Crippen LogP contribution is -2.01. The summed E-state index contributed by atoms with van der Waals surface area (Å²) in [5.74, 6) is 5.03. The Hall–Kier alpha value is -6.92. The second-order valence-electron chi connectivity index (χ2n) is 11.3. The lowest BCUT2D eigenvalue weighted by molar-refractivity contribution is 0.103. The summed E-state index contributed by atoms with van der Waals surface area (Å²) in [7, 11) is 0. The summed E-state index contributed by atoms with van der Waals surface area (Å²) in [6.07, 6.45) is 0. The molecule has 0 unspecified atom stereocenters. The summed E-state index contributed by atoms with van der Waals surface area (Å²) in [5.41, 5.74) is 2.24. The molecule has 0 aliphatic heterocycles. The largest absolute Gasteiger partial charge is 0.457 e. The van der Waals surface area contributed by atoms with Crippen molar-refractivity contribution in [2.45, 2.75) is 0 Å². The van der Waals surface area contributed by atoms with E-state index in [4.69, 9.17) is 18.9 Å². The highest BCUT2D eigenvalue weighted by Crippen LogP contribution is 2.29. The third-order valence-electron chi connectivity index (χ3n) is 7.72. The molecule has 0 radical (unpaired) electrons. The van der Waals surface area contributed by atoms with Gasteiger partial charge >= 0.3 is 0 Å². The van der Waals surface area contributed by atoms with Crippen LogP contribution in [0.2, 0.25) is 0 Å². The first kappa shape index (κ1) is 31.7. The Morgan fingerprint density at radius 2 is 0.420 bits per heavy atom. The summed E-state index contributed by atoms with van der Waals surface area (Å²) in [5, 5.41) is 0. The zero-order valence-electron chi connectivity index (χ0n) is 26.8. The number of hydrogen-bond donors (Lipinski definition) is 0. The molecule has 7 aromatic rings. The highest BCUT2D eigenvalue weighted by Gasteiger charge is 2.12. The number of ether oxygens (including phenoxy) is 4. The van der Waals surface area contributed by atoms with Gasteiger partial charge in [-0.15, -0.1) is 0 Å². The molecule has 0 aromatic heterocycles. The van der Waals surface area contributed by atoms with Crippen LogP contribution in [0.5, 0.6) is 46.0 Å². The molecule has 0 saturated heterocycles. The van der Waals surface area contributed by atoms with Gasteiger partial charge in [-0.1, -0.05) is 36.4 Å². The van der Waals surface area contributed by atoms with Crippen molar-refractivity contribution >= 4 is 11.6 Å². The maximum absolute atomic E-state index is 13.0. The normalized spacial score (nSPS) is 10.6. The second kappa shape index (κ2) is 14.9. The van der Waals surface area contributed by atoms with Crippen LogP contribution < -0.4 is 18.9 Å². The minimum atomic E-state index is -0.0926. The molecule has 7 rings (SSSR count). The number of rotatable bonds is 12. The average molecular weight is 655 g/mol. The van der Waals surface area contributed by atoms with Crippen LogP contribution in [-0.2, 0) is 0 Å². The highest BCUT2D eigenvalue weighted by atomic mass is 16.5. The van der Waals surface area contributed by atoms with E-state index in [0.29, 0.717) is 56.8 Å². The van der Waals surface area contributed by atoms with Gasteiger partial charge in [0.05, 0.1) is 0 Å². The summed E-state index contributed by atoms with van der Waals surface area (Å²) in [6.45, 7) is 0. The van der Waals surface area contributed by atoms with E-state index >= 15 is 0 Å². The van der Waals surface area contributed by atoms with Crippen molar-refractivity contribution < 1.29 is 28.5 Å². The highest BCUT2D eigenvalue weighted by molar-refractivity contribution is 6.09. The first-order chi connectivity index (χ1) is 24.6. The fourth-order valence-electron chi connectivity index (χ4n) is 5.13. The minimum Gasteiger partial charge on any atom is -0.457 e. The molecule has 6 nitrogen and oxygen atoms in total. The van der Waals surface area contributed by atoms with E-state index in [9.17, 15) is 9.59 Å². The molecule has 0 aliphatic rings. The number of carbonyl (C=O) groups excluding carboxylic acids is 2. The molecule has 0 N–H and O–H groups in total. The molecule has 0 aliphatic carbocycles. The summed E-state index contributed by atoms with van der Waals surface area (Å²) >= 11 is 0. The molecule has 0 bridgehead atoms. The van der Waals surface area contributed by atoms with Gasteiger partial charge in [-0.05, 0) is 146 Å². The summed E-state index contributed by atoms with van der Waals surface area (Å²) < 4.78 is 23.6. The van der Waals surface area contributed by atoms with E-state index in [1.807, 2.05) is 60.7 Å². The maximum Gasteiger partial charge on any atom is 0.193 e. The number of carbonyl (C=O) groups is 2. The Bertz CT molecular complexity index is 2020. The Balaban J connectivity index is 0.907. The second-order valence-corrected chi connectivity index (χ2v) is 11.3. The predicted molar refractivity (Wildman–Crippen MR) is 192 cm³/mol. The molecular weight excluding hydrogens is 624 g/mol. The molecule has 0 saturated carbocycles. The van der Waals surface area contributed by atoms with Crippen LogP contribution in [0.4, 0.5) is 0 Å². The van der Waals surface area contributed by atoms with E-state index in [1.165, 1.54) is 0 Å². The fourth-order valence-corrected chi connectivity index (χ4v) is 5.13. The van der Waals surface area contributed by atoms with Gasteiger partial charge in [0, 0.05) is 22.3 Å². The van der Waals surface area contributed by atoms with Crippen LogP contribution in [0, 0.1) is 0 Å². The molecule has 50 heavy (non-hydrogen) atoms. The van der Waals surface area contributed by atoms with E-state index in [-0.39, 0.29) is 11.6 Å². The SMILES string of the molecule is O=C(c1ccc(Oc2ccccc2)cc1)c1ccc(Oc2ccc(Oc3ccc(C(=O)c4ccc(Oc5ccccc5)cc4)cc3)cc2)cc1. The topological polar surface area (TPSA) is 71.1 Å². The molecule has 0 fully saturated rings. The van der Waals surface area contributed by atoms with E-state index < -0.39 is 0 Å². The lowest BCUT2D eigenvalue weighted by Gasteiger charge is -2.10. The van der Waals surface area contributed by atoms with E-state index in [1.54, 1.807) is 121 Å². The smallest absolute Gasteiger partial charge is 0.193 e. The van der Waals surface area contributed by atoms with Crippen LogP contribution in [0.3, 0.4) is 0 Å². The molecule has 6 heteroatoms. The van der Waals surface area contributed by atoms with Crippen molar-refractivity contribution in [3.05, 3.63) is 204 Å². The standard InChI is InChI=1S/C44H30O6/c45-43(31-11-19-37(20-12-31)47-35-7-3-1-4-8-35)33-15-23-39(24-16-33)49-41-27-29-42(30-28-41)50-40-25-17-34(18-26-40)44(46)32-13-21-38(22-14-32)48-36-9-5-2-6-10-36/h1-30H. The molecule has 0 atom stereocenters. The van der Waals surface area contributed by atoms with E-state index in [0.717, 1.165) is 11.5 Å². The van der Waals surface area contributed by atoms with Crippen LogP contribution in [0.25, 0.3) is 0 Å². The van der Waals surface area contributed by atoms with Crippen LogP contribution >= 0.6 is 0 Å². The van der Waals surface area contributed by atoms with Gasteiger partial charge in [0.15, 0.2) is 11.6 Å². The van der Waals surface area contributed by atoms with Gasteiger partial charge in [0.25, 0.3) is 0 Å². The average Bonchev–Trinajstić information content (AvgIpc) is 3.17. The fraction of sp³-hybridized carbons (Fsp3) is 0. The Morgan fingerprint density at radius 1 is 0.240 bits per heavy atom. The molecular formula is C44H30O6. The Labute approximate surface area is 289 Å². The van der Waals surface area contributed by atoms with Gasteiger partial charge in [-0.25, -0.2) is 0 Å². The zero-order valence-corrected chi connectivity index (χ0v) is 26.8. The van der Waals surface area contributed by atoms with E-state index in [2.05, 4.69) is 0 Å². The minimum absolute atomic E-state index is 0.0926. The van der Waals surface area contributed by atoms with Crippen molar-refractivity contribution in [3.8, 4) is 46.0 Å². The van der Waals surface area contributed by atoms with Crippen LogP contribution in [0.1, 0.15) is 31.8 Å². The predicted octanol–water partition coefficient (Wildman–Crippen LogP) is 11.3. The van der Waals surface area contributed by atoms with Crippen molar-refractivity contribution in [3.63, 3.8) is 0 Å². The van der Waals surface area contributed by atoms with Gasteiger partial charge in [-0.2, -0.15) is 0 Å². The van der Waals surface area contributed by atoms with Crippen molar-refractivity contribution in [2.24, 2.45) is 0 Å². The van der Waals surface area contributed by atoms with Crippen molar-refractivity contribution in [1.29, 1.82) is 0 Å². The molecule has 0 spiro atoms. The van der Waals surface area contributed by atoms with Gasteiger partial charge < -0.3 is 18.9 Å². The molecule has 0 amide bonds. The number of benzene rings is 7. The third-order valence-corrected chi connectivity index (χ3v) is 7.72. The van der Waals surface area contributed by atoms with Gasteiger partial charge in [-0.3, -0.25) is 9.59 Å². The Morgan fingerprint density at radius 3 is 0.640 bits per heavy atom. The number of ketones is 2. The quantitative estimate of drug-likeness (QED) is 0.122. The summed E-state index contributed by atoms with van der Waals surface area (Å²) in [6, 6.07) is 54.4. The van der Waals surface area contributed by atoms with Crippen molar-refractivity contribution in [2.75, 3.05) is 0 Å². The van der Waals surface area contributed by atoms with Gasteiger partial charge in [0.2, 0.25) is 0 Å². The molecule has 0 heterocycles. The molecule has 7 aromatic carbocycles. The van der Waals surface area contributed by atoms with Crippen molar-refractivity contribution in [1.82, 2.24) is 0 Å². The first-order valence-corrected chi connectivity index (χ1v) is 16.0. The van der Waals surface area contributed by atoms with Gasteiger partial charge in [0.1, 0.15) is 46.0 Å². The summed E-state index contributed by atoms with van der Waals surface area (Å²) in [4.78, 5) is 26.1. The monoisotopic (exact) mass is 654 g/mol. The Kier molecular flexibility index (Phi) is 9.42. The maximum atomic E-state index is 13.0. The number of para-hydroxylation sites is 2. The number of hydrogen-bond acceptors (Lipinski definition) is 6. The lowest BCUT2D eigenvalue weighted by atomic mass is 10.0.